The average molecular weight is 247 g/mol. The SMILES string of the molecule is CN1CCC2(CC1)COC(Cc1cncnc1)C2. The van der Waals surface area contributed by atoms with E-state index in [4.69, 9.17) is 4.74 Å². The molecular weight excluding hydrogens is 226 g/mol. The van der Waals surface area contributed by atoms with Crippen LogP contribution >= 0.6 is 0 Å². The molecular formula is C14H21N3O. The molecule has 4 nitrogen and oxygen atoms in total. The number of hydrogen-bond donors (Lipinski definition) is 0. The van der Waals surface area contributed by atoms with Crippen LogP contribution in [0.5, 0.6) is 0 Å². The van der Waals surface area contributed by atoms with Gasteiger partial charge in [-0.3, -0.25) is 0 Å². The lowest BCUT2D eigenvalue weighted by atomic mass is 9.76. The standard InChI is InChI=1S/C14H21N3O/c1-17-4-2-14(3-5-17)7-13(18-10-14)6-12-8-15-11-16-9-12/h8-9,11,13H,2-7,10H2,1H3. The van der Waals surface area contributed by atoms with Crippen molar-refractivity contribution in [1.29, 1.82) is 0 Å². The molecule has 2 aliphatic rings. The summed E-state index contributed by atoms with van der Waals surface area (Å²) in [6.45, 7) is 3.37. The molecule has 0 bridgehead atoms. The second-order valence-corrected chi connectivity index (χ2v) is 5.89. The van der Waals surface area contributed by atoms with Crippen molar-refractivity contribution in [3.63, 3.8) is 0 Å². The maximum atomic E-state index is 6.01. The van der Waals surface area contributed by atoms with E-state index in [2.05, 4.69) is 21.9 Å². The number of nitrogens with zero attached hydrogens (tertiary/aromatic N) is 3. The highest BCUT2D eigenvalue weighted by atomic mass is 16.5. The average Bonchev–Trinajstić information content (AvgIpc) is 2.78. The third-order valence-corrected chi connectivity index (χ3v) is 4.41. The molecule has 0 radical (unpaired) electrons. The van der Waals surface area contributed by atoms with E-state index in [1.807, 2.05) is 12.4 Å². The number of hydrogen-bond acceptors (Lipinski definition) is 4. The molecule has 0 aliphatic carbocycles. The summed E-state index contributed by atoms with van der Waals surface area (Å²) < 4.78 is 6.01. The van der Waals surface area contributed by atoms with Crippen molar-refractivity contribution in [3.8, 4) is 0 Å². The van der Waals surface area contributed by atoms with Gasteiger partial charge in [0.1, 0.15) is 6.33 Å². The smallest absolute Gasteiger partial charge is 0.115 e. The van der Waals surface area contributed by atoms with E-state index in [-0.39, 0.29) is 0 Å². The first kappa shape index (κ1) is 12.1. The van der Waals surface area contributed by atoms with Crippen LogP contribution in [0.2, 0.25) is 0 Å². The normalized spacial score (nSPS) is 27.7. The highest BCUT2D eigenvalue weighted by Gasteiger charge is 2.41. The van der Waals surface area contributed by atoms with Gasteiger partial charge in [-0.25, -0.2) is 9.97 Å². The maximum absolute atomic E-state index is 6.01. The highest BCUT2D eigenvalue weighted by Crippen LogP contribution is 2.42. The Morgan fingerprint density at radius 2 is 2.06 bits per heavy atom. The zero-order valence-electron chi connectivity index (χ0n) is 11.0. The van der Waals surface area contributed by atoms with Crippen molar-refractivity contribution in [2.24, 2.45) is 5.41 Å². The van der Waals surface area contributed by atoms with Gasteiger partial charge < -0.3 is 9.64 Å². The molecule has 0 saturated carbocycles. The topological polar surface area (TPSA) is 38.2 Å². The van der Waals surface area contributed by atoms with Gasteiger partial charge in [0.15, 0.2) is 0 Å². The Bertz CT molecular complexity index is 387. The first-order valence-corrected chi connectivity index (χ1v) is 6.80. The van der Waals surface area contributed by atoms with Gasteiger partial charge in [-0.1, -0.05) is 0 Å². The number of rotatable bonds is 2. The lowest BCUT2D eigenvalue weighted by molar-refractivity contribution is 0.0714. The van der Waals surface area contributed by atoms with Crippen LogP contribution in [0.3, 0.4) is 0 Å². The minimum atomic E-state index is 0.361. The van der Waals surface area contributed by atoms with Gasteiger partial charge in [-0.05, 0) is 50.4 Å². The van der Waals surface area contributed by atoms with Gasteiger partial charge in [0.2, 0.25) is 0 Å². The first-order chi connectivity index (χ1) is 8.76. The van der Waals surface area contributed by atoms with E-state index >= 15 is 0 Å². The lowest BCUT2D eigenvalue weighted by Crippen LogP contribution is -2.38. The molecule has 0 amide bonds. The predicted octanol–water partition coefficient (Wildman–Crippen LogP) is 1.52. The minimum absolute atomic E-state index is 0.361. The summed E-state index contributed by atoms with van der Waals surface area (Å²) in [5.41, 5.74) is 1.64. The van der Waals surface area contributed by atoms with Crippen molar-refractivity contribution in [2.45, 2.75) is 31.8 Å². The monoisotopic (exact) mass is 247 g/mol. The Kier molecular flexibility index (Phi) is 3.31. The van der Waals surface area contributed by atoms with Crippen LogP contribution in [0.1, 0.15) is 24.8 Å². The molecule has 2 saturated heterocycles. The zero-order chi connectivity index (χ0) is 12.4. The summed E-state index contributed by atoms with van der Waals surface area (Å²) in [5, 5.41) is 0. The van der Waals surface area contributed by atoms with Crippen LogP contribution in [-0.2, 0) is 11.2 Å². The largest absolute Gasteiger partial charge is 0.377 e. The Balaban J connectivity index is 1.58. The first-order valence-electron chi connectivity index (χ1n) is 6.80. The molecule has 0 aromatic carbocycles. The van der Waals surface area contributed by atoms with Gasteiger partial charge in [0.25, 0.3) is 0 Å². The Hall–Kier alpha value is -1.00. The molecule has 1 aromatic rings. The van der Waals surface area contributed by atoms with Gasteiger partial charge >= 0.3 is 0 Å². The van der Waals surface area contributed by atoms with Crippen LogP contribution in [0.15, 0.2) is 18.7 Å². The Morgan fingerprint density at radius 1 is 1.33 bits per heavy atom. The van der Waals surface area contributed by atoms with Crippen molar-refractivity contribution >= 4 is 0 Å². The van der Waals surface area contributed by atoms with E-state index in [1.54, 1.807) is 6.33 Å². The molecule has 2 fully saturated rings. The molecule has 1 aromatic heterocycles. The van der Waals surface area contributed by atoms with Crippen LogP contribution in [0, 0.1) is 5.41 Å². The molecule has 2 aliphatic heterocycles. The van der Waals surface area contributed by atoms with Crippen molar-refractivity contribution in [3.05, 3.63) is 24.3 Å². The van der Waals surface area contributed by atoms with Crippen LogP contribution in [0.25, 0.3) is 0 Å². The second kappa shape index (κ2) is 4.94. The third-order valence-electron chi connectivity index (χ3n) is 4.41. The van der Waals surface area contributed by atoms with Gasteiger partial charge in [0, 0.05) is 18.8 Å². The van der Waals surface area contributed by atoms with Gasteiger partial charge in [-0.2, -0.15) is 0 Å². The van der Waals surface area contributed by atoms with E-state index in [9.17, 15) is 0 Å². The van der Waals surface area contributed by atoms with E-state index in [0.717, 1.165) is 13.0 Å². The third kappa shape index (κ3) is 2.54. The van der Waals surface area contributed by atoms with Gasteiger partial charge in [-0.15, -0.1) is 0 Å². The second-order valence-electron chi connectivity index (χ2n) is 5.89. The van der Waals surface area contributed by atoms with E-state index in [0.29, 0.717) is 11.5 Å². The van der Waals surface area contributed by atoms with Crippen molar-refractivity contribution < 1.29 is 4.74 Å². The number of ether oxygens (including phenoxy) is 1. The van der Waals surface area contributed by atoms with Crippen molar-refractivity contribution in [1.82, 2.24) is 14.9 Å². The quantitative estimate of drug-likeness (QED) is 0.794. The fourth-order valence-corrected chi connectivity index (χ4v) is 3.17. The van der Waals surface area contributed by atoms with Crippen LogP contribution in [-0.4, -0.2) is 47.7 Å². The molecule has 18 heavy (non-hydrogen) atoms. The molecule has 3 rings (SSSR count). The van der Waals surface area contributed by atoms with Gasteiger partial charge in [0.05, 0.1) is 12.7 Å². The summed E-state index contributed by atoms with van der Waals surface area (Å²) in [6.07, 6.45) is 10.5. The fourth-order valence-electron chi connectivity index (χ4n) is 3.17. The lowest BCUT2D eigenvalue weighted by Gasteiger charge is -2.36. The van der Waals surface area contributed by atoms with E-state index in [1.165, 1.54) is 37.9 Å². The predicted molar refractivity (Wildman–Crippen MR) is 69.3 cm³/mol. The number of piperidine rings is 1. The van der Waals surface area contributed by atoms with E-state index < -0.39 is 0 Å². The molecule has 4 heteroatoms. The molecule has 1 atom stereocenters. The number of aromatic nitrogens is 2. The summed E-state index contributed by atoms with van der Waals surface area (Å²) in [5.74, 6) is 0. The summed E-state index contributed by atoms with van der Waals surface area (Å²) in [6, 6.07) is 0. The van der Waals surface area contributed by atoms with Crippen LogP contribution < -0.4 is 0 Å². The molecule has 1 spiro atoms. The molecule has 1 unspecified atom stereocenters. The minimum Gasteiger partial charge on any atom is -0.377 e. The summed E-state index contributed by atoms with van der Waals surface area (Å²) >= 11 is 0. The molecule has 3 heterocycles. The maximum Gasteiger partial charge on any atom is 0.115 e. The summed E-state index contributed by atoms with van der Waals surface area (Å²) in [7, 11) is 2.21. The fraction of sp³-hybridized carbons (Fsp3) is 0.714. The van der Waals surface area contributed by atoms with Crippen LogP contribution in [0.4, 0.5) is 0 Å². The summed E-state index contributed by atoms with van der Waals surface area (Å²) in [4.78, 5) is 10.6. The molecule has 98 valence electrons. The van der Waals surface area contributed by atoms with Crippen molar-refractivity contribution in [2.75, 3.05) is 26.7 Å². The zero-order valence-corrected chi connectivity index (χ0v) is 11.0. The Morgan fingerprint density at radius 3 is 2.78 bits per heavy atom. The highest BCUT2D eigenvalue weighted by molar-refractivity contribution is 5.06. The Labute approximate surface area is 108 Å². The molecule has 0 N–H and O–H groups in total. The number of likely N-dealkylation sites (tertiary alicyclic amines) is 1.